The van der Waals surface area contributed by atoms with Gasteiger partial charge < -0.3 is 9.80 Å². The number of likely N-dealkylation sites (tertiary alicyclic amines) is 2. The molecule has 4 unspecified atom stereocenters. The summed E-state index contributed by atoms with van der Waals surface area (Å²) in [5.41, 5.74) is 3.50. The number of fused-ring (bicyclic) bond motifs is 1. The van der Waals surface area contributed by atoms with Gasteiger partial charge in [0.15, 0.2) is 0 Å². The molecule has 3 fully saturated rings. The van der Waals surface area contributed by atoms with E-state index in [0.717, 1.165) is 25.6 Å². The van der Waals surface area contributed by atoms with Gasteiger partial charge in [-0.2, -0.15) is 0 Å². The van der Waals surface area contributed by atoms with Crippen molar-refractivity contribution in [2.24, 2.45) is 11.8 Å². The lowest BCUT2D eigenvalue weighted by Gasteiger charge is -2.22. The molecule has 1 saturated carbocycles. The van der Waals surface area contributed by atoms with E-state index in [1.54, 1.807) is 12.4 Å². The quantitative estimate of drug-likeness (QED) is 0.761. The van der Waals surface area contributed by atoms with Gasteiger partial charge in [0.2, 0.25) is 0 Å². The molecule has 5 rings (SSSR count). The molecule has 5 nitrogen and oxygen atoms in total. The van der Waals surface area contributed by atoms with Crippen molar-refractivity contribution in [2.45, 2.75) is 51.0 Å². The Balaban J connectivity index is 1.21. The number of nitrogens with zero attached hydrogens (tertiary/aromatic N) is 4. The van der Waals surface area contributed by atoms with Crippen LogP contribution in [0, 0.1) is 11.8 Å². The minimum Gasteiger partial charge on any atom is -0.338 e. The highest BCUT2D eigenvalue weighted by Crippen LogP contribution is 2.47. The van der Waals surface area contributed by atoms with Gasteiger partial charge in [-0.1, -0.05) is 24.3 Å². The maximum Gasteiger partial charge on any atom is 0.257 e. The van der Waals surface area contributed by atoms with Gasteiger partial charge in [-0.3, -0.25) is 4.79 Å². The lowest BCUT2D eigenvalue weighted by Crippen LogP contribution is -2.30. The van der Waals surface area contributed by atoms with Crippen LogP contribution in [0.3, 0.4) is 0 Å². The summed E-state index contributed by atoms with van der Waals surface area (Å²) >= 11 is 0. The van der Waals surface area contributed by atoms with Gasteiger partial charge in [0.1, 0.15) is 6.33 Å². The number of rotatable bonds is 5. The monoisotopic (exact) mass is 404 g/mol. The maximum atomic E-state index is 12.8. The zero-order valence-corrected chi connectivity index (χ0v) is 17.9. The Hall–Kier alpha value is -2.27. The largest absolute Gasteiger partial charge is 0.338 e. The van der Waals surface area contributed by atoms with E-state index in [4.69, 9.17) is 0 Å². The Labute approximate surface area is 179 Å². The van der Waals surface area contributed by atoms with Crippen molar-refractivity contribution < 1.29 is 4.79 Å². The summed E-state index contributed by atoms with van der Waals surface area (Å²) < 4.78 is 0. The summed E-state index contributed by atoms with van der Waals surface area (Å²) in [6, 6.07) is 10.1. The molecule has 3 aliphatic rings. The highest BCUT2D eigenvalue weighted by Gasteiger charge is 2.44. The number of carbonyl (C=O) groups is 1. The summed E-state index contributed by atoms with van der Waals surface area (Å²) in [5, 5.41) is 0. The Morgan fingerprint density at radius 2 is 1.87 bits per heavy atom. The number of amides is 1. The van der Waals surface area contributed by atoms with Gasteiger partial charge in [0.05, 0.1) is 5.56 Å². The Morgan fingerprint density at radius 3 is 2.60 bits per heavy atom. The third-order valence-corrected chi connectivity index (χ3v) is 7.74. The fraction of sp³-hybridized carbons (Fsp3) is 0.560. The maximum absolute atomic E-state index is 12.8. The van der Waals surface area contributed by atoms with Crippen molar-refractivity contribution in [3.05, 3.63) is 59.7 Å². The highest BCUT2D eigenvalue weighted by molar-refractivity contribution is 5.93. The number of hydrogen-bond acceptors (Lipinski definition) is 4. The first kappa shape index (κ1) is 19.7. The second kappa shape index (κ2) is 8.46. The van der Waals surface area contributed by atoms with Gasteiger partial charge in [0.25, 0.3) is 5.91 Å². The van der Waals surface area contributed by atoms with E-state index < -0.39 is 0 Å². The molecule has 0 spiro atoms. The second-order valence-corrected chi connectivity index (χ2v) is 9.46. The molecule has 0 bridgehead atoms. The predicted octanol–water partition coefficient (Wildman–Crippen LogP) is 3.77. The number of benzene rings is 1. The zero-order chi connectivity index (χ0) is 20.5. The van der Waals surface area contributed by atoms with E-state index >= 15 is 0 Å². The predicted molar refractivity (Wildman–Crippen MR) is 117 cm³/mol. The van der Waals surface area contributed by atoms with Crippen LogP contribution < -0.4 is 0 Å². The van der Waals surface area contributed by atoms with Gasteiger partial charge in [-0.15, -0.1) is 0 Å². The first-order chi connectivity index (χ1) is 14.7. The lowest BCUT2D eigenvalue weighted by atomic mass is 9.86. The molecule has 1 aliphatic carbocycles. The lowest BCUT2D eigenvalue weighted by molar-refractivity contribution is 0.0778. The molecule has 2 saturated heterocycles. The van der Waals surface area contributed by atoms with Crippen molar-refractivity contribution >= 4 is 5.91 Å². The molecule has 0 radical (unpaired) electrons. The molecular weight excluding hydrogens is 372 g/mol. The van der Waals surface area contributed by atoms with Crippen molar-refractivity contribution in [3.8, 4) is 0 Å². The third-order valence-electron chi connectivity index (χ3n) is 7.74. The van der Waals surface area contributed by atoms with Crippen LogP contribution in [-0.2, 0) is 6.42 Å². The van der Waals surface area contributed by atoms with Crippen LogP contribution in [0.4, 0.5) is 0 Å². The van der Waals surface area contributed by atoms with E-state index in [1.165, 1.54) is 56.2 Å². The van der Waals surface area contributed by atoms with Crippen molar-refractivity contribution in [3.63, 3.8) is 0 Å². The molecule has 1 aromatic heterocycles. The van der Waals surface area contributed by atoms with Gasteiger partial charge in [0, 0.05) is 38.1 Å². The van der Waals surface area contributed by atoms with E-state index in [2.05, 4.69) is 46.1 Å². The van der Waals surface area contributed by atoms with Crippen LogP contribution in [0.2, 0.25) is 0 Å². The highest BCUT2D eigenvalue weighted by atomic mass is 16.2. The topological polar surface area (TPSA) is 49.3 Å². The number of carbonyl (C=O) groups excluding carboxylic acids is 1. The Morgan fingerprint density at radius 1 is 1.07 bits per heavy atom. The van der Waals surface area contributed by atoms with Crippen molar-refractivity contribution in [1.29, 1.82) is 0 Å². The molecular formula is C25H32N4O. The summed E-state index contributed by atoms with van der Waals surface area (Å²) in [4.78, 5) is 25.5. The minimum absolute atomic E-state index is 0.0789. The normalized spacial score (nSPS) is 28.8. The van der Waals surface area contributed by atoms with Crippen LogP contribution in [0.25, 0.3) is 0 Å². The summed E-state index contributed by atoms with van der Waals surface area (Å²) in [6.07, 6.45) is 11.0. The fourth-order valence-electron chi connectivity index (χ4n) is 5.97. The van der Waals surface area contributed by atoms with E-state index in [0.29, 0.717) is 23.3 Å². The molecule has 5 heteroatoms. The van der Waals surface area contributed by atoms with Gasteiger partial charge in [-0.05, 0) is 74.5 Å². The third kappa shape index (κ3) is 3.87. The molecule has 2 aromatic rings. The molecule has 0 N–H and O–H groups in total. The molecule has 2 aliphatic heterocycles. The zero-order valence-electron chi connectivity index (χ0n) is 17.9. The van der Waals surface area contributed by atoms with Crippen molar-refractivity contribution in [1.82, 2.24) is 19.8 Å². The summed E-state index contributed by atoms with van der Waals surface area (Å²) in [5.74, 6) is 1.86. The number of hydrogen-bond donors (Lipinski definition) is 0. The molecule has 4 atom stereocenters. The SMILES string of the molecule is CC1CCCN1CCc1ccc(C2CCC3CN(C(=O)c4cncnc4)CC32)cc1. The van der Waals surface area contributed by atoms with Crippen LogP contribution in [-0.4, -0.2) is 57.9 Å². The Kier molecular flexibility index (Phi) is 5.55. The molecule has 1 aromatic carbocycles. The van der Waals surface area contributed by atoms with Crippen LogP contribution in [0.5, 0.6) is 0 Å². The van der Waals surface area contributed by atoms with E-state index in [1.807, 2.05) is 4.90 Å². The Bertz CT molecular complexity index is 868. The van der Waals surface area contributed by atoms with Crippen LogP contribution in [0.1, 0.15) is 60.0 Å². The van der Waals surface area contributed by atoms with Crippen LogP contribution >= 0.6 is 0 Å². The minimum atomic E-state index is 0.0789. The summed E-state index contributed by atoms with van der Waals surface area (Å²) in [7, 11) is 0. The molecule has 30 heavy (non-hydrogen) atoms. The van der Waals surface area contributed by atoms with Gasteiger partial charge >= 0.3 is 0 Å². The van der Waals surface area contributed by atoms with Gasteiger partial charge in [-0.25, -0.2) is 9.97 Å². The standard InChI is InChI=1S/C25H32N4O/c1-18-3-2-11-28(18)12-10-19-4-6-20(7-5-19)23-9-8-21-15-29(16-24(21)23)25(30)22-13-26-17-27-14-22/h4-7,13-14,17-18,21,23-24H,2-3,8-12,15-16H2,1H3. The van der Waals surface area contributed by atoms with E-state index in [-0.39, 0.29) is 5.91 Å². The first-order valence-corrected chi connectivity index (χ1v) is 11.6. The van der Waals surface area contributed by atoms with Crippen LogP contribution in [0.15, 0.2) is 43.0 Å². The molecule has 3 heterocycles. The van der Waals surface area contributed by atoms with E-state index in [9.17, 15) is 4.79 Å². The smallest absolute Gasteiger partial charge is 0.257 e. The fourth-order valence-corrected chi connectivity index (χ4v) is 5.97. The molecule has 158 valence electrons. The number of aromatic nitrogens is 2. The average Bonchev–Trinajstić information content (AvgIpc) is 3.49. The molecule has 1 amide bonds. The average molecular weight is 405 g/mol. The van der Waals surface area contributed by atoms with Crippen molar-refractivity contribution in [2.75, 3.05) is 26.2 Å². The second-order valence-electron chi connectivity index (χ2n) is 9.46. The summed E-state index contributed by atoms with van der Waals surface area (Å²) in [6.45, 7) is 6.52. The first-order valence-electron chi connectivity index (χ1n) is 11.6.